The first kappa shape index (κ1) is 14.9. The van der Waals surface area contributed by atoms with Crippen LogP contribution in [0.2, 0.25) is 0 Å². The first-order chi connectivity index (χ1) is 10.2. The largest absolute Gasteiger partial charge is 0.378 e. The molecule has 0 aliphatic carbocycles. The first-order valence-electron chi connectivity index (χ1n) is 7.86. The molecule has 2 unspecified atom stereocenters. The van der Waals surface area contributed by atoms with Crippen LogP contribution in [-0.4, -0.2) is 28.1 Å². The van der Waals surface area contributed by atoms with Crippen molar-refractivity contribution in [2.45, 2.75) is 45.8 Å². The Morgan fingerprint density at radius 3 is 3.05 bits per heavy atom. The summed E-state index contributed by atoms with van der Waals surface area (Å²) in [6.45, 7) is 6.19. The summed E-state index contributed by atoms with van der Waals surface area (Å²) in [6, 6.07) is 6.51. The van der Waals surface area contributed by atoms with Gasteiger partial charge in [-0.2, -0.15) is 0 Å². The maximum atomic E-state index is 5.96. The molecule has 2 heterocycles. The van der Waals surface area contributed by atoms with Crippen molar-refractivity contribution in [1.29, 1.82) is 0 Å². The van der Waals surface area contributed by atoms with Crippen molar-refractivity contribution in [3.05, 3.63) is 29.6 Å². The molecule has 1 aliphatic heterocycles. The molecule has 21 heavy (non-hydrogen) atoms. The highest BCUT2D eigenvalue weighted by molar-refractivity contribution is 6.17. The van der Waals surface area contributed by atoms with E-state index >= 15 is 0 Å². The summed E-state index contributed by atoms with van der Waals surface area (Å²) in [7, 11) is 0. The number of aromatic nitrogens is 2. The summed E-state index contributed by atoms with van der Waals surface area (Å²) < 4.78 is 8.19. The molecule has 1 fully saturated rings. The number of alkyl halides is 1. The van der Waals surface area contributed by atoms with E-state index in [1.807, 2.05) is 0 Å². The molecule has 0 amide bonds. The van der Waals surface area contributed by atoms with Crippen molar-refractivity contribution in [3.63, 3.8) is 0 Å². The molecule has 2 aromatic rings. The van der Waals surface area contributed by atoms with Crippen LogP contribution >= 0.6 is 11.6 Å². The number of halogens is 1. The molecule has 2 atom stereocenters. The van der Waals surface area contributed by atoms with Crippen molar-refractivity contribution in [2.75, 3.05) is 12.5 Å². The number of benzene rings is 1. The Bertz CT molecular complexity index is 623. The molecule has 1 saturated heterocycles. The van der Waals surface area contributed by atoms with Gasteiger partial charge in [0.25, 0.3) is 0 Å². The number of nitrogens with zero attached hydrogens (tertiary/aromatic N) is 2. The van der Waals surface area contributed by atoms with E-state index in [1.165, 1.54) is 11.1 Å². The van der Waals surface area contributed by atoms with E-state index in [-0.39, 0.29) is 0 Å². The van der Waals surface area contributed by atoms with Crippen molar-refractivity contribution < 1.29 is 4.74 Å². The molecule has 1 aromatic heterocycles. The molecular formula is C17H23ClN2O. The minimum atomic E-state index is 0.386. The van der Waals surface area contributed by atoms with Gasteiger partial charge in [0.05, 0.1) is 17.1 Å². The number of hydrogen-bond acceptors (Lipinski definition) is 2. The summed E-state index contributed by atoms with van der Waals surface area (Å²) in [5.41, 5.74) is 3.56. The van der Waals surface area contributed by atoms with Crippen LogP contribution in [0, 0.1) is 12.8 Å². The predicted molar refractivity (Wildman–Crippen MR) is 87.0 cm³/mol. The average molecular weight is 307 g/mol. The van der Waals surface area contributed by atoms with E-state index in [1.54, 1.807) is 0 Å². The molecule has 0 saturated carbocycles. The van der Waals surface area contributed by atoms with Crippen LogP contribution < -0.4 is 0 Å². The Morgan fingerprint density at radius 2 is 2.29 bits per heavy atom. The maximum absolute atomic E-state index is 5.96. The third-order valence-electron chi connectivity index (χ3n) is 4.47. The second-order valence-electron chi connectivity index (χ2n) is 5.94. The summed E-state index contributed by atoms with van der Waals surface area (Å²) in [5, 5.41) is 0. The summed E-state index contributed by atoms with van der Waals surface area (Å²) in [4.78, 5) is 4.79. The smallest absolute Gasteiger partial charge is 0.111 e. The lowest BCUT2D eigenvalue weighted by Crippen LogP contribution is -2.21. The van der Waals surface area contributed by atoms with Crippen molar-refractivity contribution in [1.82, 2.24) is 9.55 Å². The Kier molecular flexibility index (Phi) is 4.51. The number of imidazole rings is 1. The van der Waals surface area contributed by atoms with E-state index < -0.39 is 0 Å². The van der Waals surface area contributed by atoms with Gasteiger partial charge in [0.15, 0.2) is 0 Å². The Morgan fingerprint density at radius 1 is 1.43 bits per heavy atom. The fourth-order valence-corrected chi connectivity index (χ4v) is 3.53. The monoisotopic (exact) mass is 306 g/mol. The van der Waals surface area contributed by atoms with Crippen LogP contribution in [-0.2, 0) is 17.7 Å². The van der Waals surface area contributed by atoms with Crippen molar-refractivity contribution in [3.8, 4) is 0 Å². The quantitative estimate of drug-likeness (QED) is 0.782. The summed E-state index contributed by atoms with van der Waals surface area (Å²) >= 11 is 5.96. The van der Waals surface area contributed by atoms with Gasteiger partial charge < -0.3 is 9.30 Å². The fraction of sp³-hybridized carbons (Fsp3) is 0.588. The molecule has 3 rings (SSSR count). The van der Waals surface area contributed by atoms with Gasteiger partial charge >= 0.3 is 0 Å². The van der Waals surface area contributed by atoms with Crippen LogP contribution in [0.1, 0.15) is 31.2 Å². The number of aryl methyl sites for hydroxylation is 2. The van der Waals surface area contributed by atoms with Gasteiger partial charge in [-0.1, -0.05) is 13.0 Å². The van der Waals surface area contributed by atoms with Crippen LogP contribution in [0.3, 0.4) is 0 Å². The lowest BCUT2D eigenvalue weighted by atomic mass is 9.99. The van der Waals surface area contributed by atoms with Crippen molar-refractivity contribution in [2.24, 2.45) is 5.92 Å². The fourth-order valence-electron chi connectivity index (χ4n) is 3.36. The van der Waals surface area contributed by atoms with E-state index in [4.69, 9.17) is 21.3 Å². The topological polar surface area (TPSA) is 27.1 Å². The van der Waals surface area contributed by atoms with Crippen LogP contribution in [0.15, 0.2) is 18.2 Å². The minimum Gasteiger partial charge on any atom is -0.378 e. The highest BCUT2D eigenvalue weighted by Crippen LogP contribution is 2.28. The van der Waals surface area contributed by atoms with E-state index in [2.05, 4.69) is 36.6 Å². The van der Waals surface area contributed by atoms with Gasteiger partial charge in [-0.3, -0.25) is 0 Å². The zero-order valence-electron chi connectivity index (χ0n) is 12.8. The van der Waals surface area contributed by atoms with Gasteiger partial charge in [0.1, 0.15) is 5.82 Å². The average Bonchev–Trinajstić information content (AvgIpc) is 3.04. The molecule has 0 N–H and O–H groups in total. The summed E-state index contributed by atoms with van der Waals surface area (Å²) in [6.07, 6.45) is 3.43. The maximum Gasteiger partial charge on any atom is 0.111 e. The third kappa shape index (κ3) is 2.95. The predicted octanol–water partition coefficient (Wildman–Crippen LogP) is 3.94. The Balaban J connectivity index is 1.96. The summed E-state index contributed by atoms with van der Waals surface area (Å²) in [5.74, 6) is 2.30. The van der Waals surface area contributed by atoms with Gasteiger partial charge in [0.2, 0.25) is 0 Å². The normalized spacial score (nSPS) is 22.2. The molecule has 0 radical (unpaired) electrons. The van der Waals surface area contributed by atoms with Gasteiger partial charge in [0, 0.05) is 31.4 Å². The molecule has 3 nitrogen and oxygen atoms in total. The second kappa shape index (κ2) is 6.37. The van der Waals surface area contributed by atoms with Gasteiger partial charge in [-0.15, -0.1) is 11.6 Å². The number of ether oxygens (including phenoxy) is 1. The number of hydrogen-bond donors (Lipinski definition) is 0. The first-order valence-corrected chi connectivity index (χ1v) is 8.39. The zero-order chi connectivity index (χ0) is 14.8. The third-order valence-corrected chi connectivity index (χ3v) is 4.66. The van der Waals surface area contributed by atoms with Crippen LogP contribution in [0.4, 0.5) is 0 Å². The SMILES string of the molecule is CCC1OCCC1Cn1c(CCCl)nc2cc(C)ccc21. The zero-order valence-corrected chi connectivity index (χ0v) is 13.6. The highest BCUT2D eigenvalue weighted by atomic mass is 35.5. The molecule has 0 bridgehead atoms. The second-order valence-corrected chi connectivity index (χ2v) is 6.31. The standard InChI is InChI=1S/C17H23ClN2O/c1-3-16-13(7-9-21-16)11-20-15-5-4-12(2)10-14(15)19-17(20)6-8-18/h4-5,10,13,16H,3,6-9,11H2,1-2H3. The minimum absolute atomic E-state index is 0.386. The molecule has 1 aliphatic rings. The van der Waals surface area contributed by atoms with E-state index in [0.29, 0.717) is 17.9 Å². The molecule has 1 aromatic carbocycles. The molecule has 4 heteroatoms. The number of fused-ring (bicyclic) bond motifs is 1. The van der Waals surface area contributed by atoms with Crippen LogP contribution in [0.5, 0.6) is 0 Å². The lowest BCUT2D eigenvalue weighted by molar-refractivity contribution is 0.0836. The Hall–Kier alpha value is -1.06. The van der Waals surface area contributed by atoms with Crippen LogP contribution in [0.25, 0.3) is 11.0 Å². The highest BCUT2D eigenvalue weighted by Gasteiger charge is 2.28. The molecule has 114 valence electrons. The van der Waals surface area contributed by atoms with E-state index in [0.717, 1.165) is 43.8 Å². The Labute approximate surface area is 131 Å². The molecular weight excluding hydrogens is 284 g/mol. The number of rotatable bonds is 5. The van der Waals surface area contributed by atoms with E-state index in [9.17, 15) is 0 Å². The van der Waals surface area contributed by atoms with Gasteiger partial charge in [-0.25, -0.2) is 4.98 Å². The van der Waals surface area contributed by atoms with Gasteiger partial charge in [-0.05, 0) is 37.5 Å². The molecule has 0 spiro atoms. The lowest BCUT2D eigenvalue weighted by Gasteiger charge is -2.19. The van der Waals surface area contributed by atoms with Crippen molar-refractivity contribution >= 4 is 22.6 Å².